The topological polar surface area (TPSA) is 147 Å². The van der Waals surface area contributed by atoms with Crippen molar-refractivity contribution >= 4 is 36.0 Å². The molecular formula is C12H14F9N3O8S3. The predicted molar refractivity (Wildman–Crippen MR) is 93.1 cm³/mol. The normalized spacial score (nSPS) is 22.9. The molecule has 2 fully saturated rings. The van der Waals surface area contributed by atoms with E-state index in [0.29, 0.717) is 0 Å². The van der Waals surface area contributed by atoms with Gasteiger partial charge in [0.25, 0.3) is 20.0 Å². The maximum absolute atomic E-state index is 14.3. The number of alkyl halides is 9. The van der Waals surface area contributed by atoms with Crippen LogP contribution in [0.1, 0.15) is 12.8 Å². The second kappa shape index (κ2) is 8.85. The molecule has 0 amide bonds. The van der Waals surface area contributed by atoms with Crippen molar-refractivity contribution in [2.24, 2.45) is 0 Å². The number of sulfonamides is 3. The number of ether oxygens (including phenoxy) is 1. The molecule has 0 bridgehead atoms. The number of rotatable bonds is 8. The van der Waals surface area contributed by atoms with Gasteiger partial charge in [-0.2, -0.15) is 43.8 Å². The average Bonchev–Trinajstić information content (AvgIpc) is 3.12. The van der Waals surface area contributed by atoms with Crippen molar-refractivity contribution in [3.63, 3.8) is 0 Å². The van der Waals surface area contributed by atoms with Gasteiger partial charge in [-0.1, -0.05) is 4.13 Å². The number of hydrogen-bond acceptors (Lipinski definition) is 9. The van der Waals surface area contributed by atoms with E-state index < -0.39 is 98.8 Å². The Bertz CT molecular complexity index is 1160. The zero-order valence-corrected chi connectivity index (χ0v) is 19.1. The van der Waals surface area contributed by atoms with E-state index in [1.807, 2.05) is 0 Å². The molecule has 0 radical (unpaired) electrons. The Morgan fingerprint density at radius 1 is 0.771 bits per heavy atom. The number of carbonyl (C=O) groups excluding carboxylic acids is 1. The van der Waals surface area contributed by atoms with Crippen LogP contribution in [0.5, 0.6) is 0 Å². The standard InChI is InChI=1S/C12H14F9N3O8S3/c13-9(14,10(15,16)33(26,27)22-34(28,29)12(19,20)21)11(17,18)35(30,31)24-5-3-23(4-6-24)7-1-2-8(25)32-7/h7,22H,1-6H2. The van der Waals surface area contributed by atoms with Gasteiger partial charge in [-0.15, -0.1) is 0 Å². The summed E-state index contributed by atoms with van der Waals surface area (Å²) < 4.78 is 193. The summed E-state index contributed by atoms with van der Waals surface area (Å²) in [4.78, 5) is 12.4. The van der Waals surface area contributed by atoms with Crippen molar-refractivity contribution in [1.82, 2.24) is 13.3 Å². The number of piperazine rings is 1. The molecule has 0 spiro atoms. The average molecular weight is 595 g/mol. The van der Waals surface area contributed by atoms with Crippen molar-refractivity contribution in [3.05, 3.63) is 0 Å². The number of nitrogens with one attached hydrogen (secondary N) is 1. The summed E-state index contributed by atoms with van der Waals surface area (Å²) in [5.41, 5.74) is -6.65. The van der Waals surface area contributed by atoms with Crippen molar-refractivity contribution in [2.45, 2.75) is 41.0 Å². The summed E-state index contributed by atoms with van der Waals surface area (Å²) in [7, 11) is -22.0. The van der Waals surface area contributed by atoms with Crippen LogP contribution in [0.25, 0.3) is 0 Å². The van der Waals surface area contributed by atoms with E-state index in [4.69, 9.17) is 4.74 Å². The third-order valence-corrected chi connectivity index (χ3v) is 10.0. The SMILES string of the molecule is O=C1CCC(N2CCN(S(=O)(=O)C(F)(F)C(F)(F)C(F)(F)S(=O)(=O)NS(=O)(=O)C(F)(F)F)CC2)O1. The second-order valence-electron chi connectivity index (χ2n) is 7.07. The van der Waals surface area contributed by atoms with Crippen LogP contribution in [0.4, 0.5) is 39.5 Å². The number of halogens is 9. The Morgan fingerprint density at radius 2 is 1.26 bits per heavy atom. The van der Waals surface area contributed by atoms with Gasteiger partial charge in [0.2, 0.25) is 0 Å². The quantitative estimate of drug-likeness (QED) is 0.307. The van der Waals surface area contributed by atoms with E-state index in [0.717, 1.165) is 0 Å². The van der Waals surface area contributed by atoms with Gasteiger partial charge in [0.1, 0.15) is 0 Å². The van der Waals surface area contributed by atoms with Gasteiger partial charge in [0.05, 0.1) is 6.42 Å². The highest BCUT2D eigenvalue weighted by molar-refractivity contribution is 8.05. The molecule has 1 atom stereocenters. The summed E-state index contributed by atoms with van der Waals surface area (Å²) >= 11 is 0. The lowest BCUT2D eigenvalue weighted by Crippen LogP contribution is -2.66. The van der Waals surface area contributed by atoms with Gasteiger partial charge in [0, 0.05) is 32.6 Å². The van der Waals surface area contributed by atoms with Crippen molar-refractivity contribution < 1.29 is 74.3 Å². The van der Waals surface area contributed by atoms with E-state index in [1.54, 1.807) is 0 Å². The molecule has 2 aliphatic heterocycles. The Hall–Kier alpha value is -1.43. The third-order valence-electron chi connectivity index (χ3n) is 4.80. The monoisotopic (exact) mass is 595 g/mol. The third kappa shape index (κ3) is 4.93. The zero-order valence-electron chi connectivity index (χ0n) is 16.6. The smallest absolute Gasteiger partial charge is 0.446 e. The molecule has 23 heteroatoms. The lowest BCUT2D eigenvalue weighted by molar-refractivity contribution is -0.245. The van der Waals surface area contributed by atoms with Gasteiger partial charge in [-0.25, -0.2) is 25.3 Å². The first-order valence-electron chi connectivity index (χ1n) is 8.83. The molecule has 2 saturated heterocycles. The van der Waals surface area contributed by atoms with Crippen LogP contribution in [0.3, 0.4) is 0 Å². The maximum Gasteiger partial charge on any atom is 0.512 e. The summed E-state index contributed by atoms with van der Waals surface area (Å²) in [6.07, 6.45) is -0.808. The van der Waals surface area contributed by atoms with Crippen molar-refractivity contribution in [2.75, 3.05) is 26.2 Å². The van der Waals surface area contributed by atoms with Gasteiger partial charge < -0.3 is 4.74 Å². The lowest BCUT2D eigenvalue weighted by Gasteiger charge is -2.39. The van der Waals surface area contributed by atoms with Gasteiger partial charge in [-0.3, -0.25) is 9.69 Å². The number of esters is 1. The van der Waals surface area contributed by atoms with Crippen LogP contribution in [-0.2, 0) is 39.6 Å². The van der Waals surface area contributed by atoms with Crippen LogP contribution in [0.15, 0.2) is 0 Å². The lowest BCUT2D eigenvalue weighted by atomic mass is 10.3. The molecule has 0 aromatic rings. The highest BCUT2D eigenvalue weighted by Crippen LogP contribution is 2.51. The summed E-state index contributed by atoms with van der Waals surface area (Å²) in [5, 5.41) is -14.3. The molecular weight excluding hydrogens is 581 g/mol. The highest BCUT2D eigenvalue weighted by atomic mass is 32.3. The largest absolute Gasteiger partial charge is 0.512 e. The molecule has 2 heterocycles. The fraction of sp³-hybridized carbons (Fsp3) is 0.917. The van der Waals surface area contributed by atoms with E-state index >= 15 is 0 Å². The molecule has 0 aliphatic carbocycles. The molecule has 206 valence electrons. The van der Waals surface area contributed by atoms with Crippen molar-refractivity contribution in [1.29, 1.82) is 0 Å². The Kier molecular flexibility index (Phi) is 7.53. The minimum absolute atomic E-state index is 0.0326. The molecule has 0 saturated carbocycles. The van der Waals surface area contributed by atoms with Crippen LogP contribution < -0.4 is 4.13 Å². The van der Waals surface area contributed by atoms with E-state index in [-0.39, 0.29) is 12.8 Å². The van der Waals surface area contributed by atoms with E-state index in [9.17, 15) is 69.6 Å². The van der Waals surface area contributed by atoms with Crippen LogP contribution in [-0.4, -0.2) is 94.8 Å². The predicted octanol–water partition coefficient (Wildman–Crippen LogP) is 0.187. The van der Waals surface area contributed by atoms with Crippen LogP contribution in [0.2, 0.25) is 0 Å². The van der Waals surface area contributed by atoms with Crippen LogP contribution in [0, 0.1) is 0 Å². The Morgan fingerprint density at radius 3 is 1.66 bits per heavy atom. The van der Waals surface area contributed by atoms with Gasteiger partial charge >= 0.3 is 37.9 Å². The minimum Gasteiger partial charge on any atom is -0.446 e. The van der Waals surface area contributed by atoms with Gasteiger partial charge in [0.15, 0.2) is 6.23 Å². The Balaban J connectivity index is 2.32. The molecule has 1 unspecified atom stereocenters. The van der Waals surface area contributed by atoms with Crippen molar-refractivity contribution in [3.8, 4) is 0 Å². The van der Waals surface area contributed by atoms with Crippen LogP contribution >= 0.6 is 0 Å². The van der Waals surface area contributed by atoms with E-state index in [2.05, 4.69) is 0 Å². The minimum atomic E-state index is -7.82. The molecule has 1 N–H and O–H groups in total. The fourth-order valence-electron chi connectivity index (χ4n) is 2.91. The first kappa shape index (κ1) is 29.8. The number of nitrogens with zero attached hydrogens (tertiary/aromatic N) is 2. The zero-order chi connectivity index (χ0) is 27.5. The molecule has 35 heavy (non-hydrogen) atoms. The second-order valence-corrected chi connectivity index (χ2v) is 12.7. The van der Waals surface area contributed by atoms with E-state index in [1.165, 1.54) is 4.90 Å². The molecule has 0 aromatic carbocycles. The summed E-state index contributed by atoms with van der Waals surface area (Å²) in [5.74, 6) is -8.11. The Labute approximate surface area is 191 Å². The first-order chi connectivity index (χ1) is 15.4. The summed E-state index contributed by atoms with van der Waals surface area (Å²) in [6.45, 7) is -3.11. The maximum atomic E-state index is 14.3. The fourth-order valence-corrected chi connectivity index (χ4v) is 6.81. The number of cyclic esters (lactones) is 1. The van der Waals surface area contributed by atoms with Gasteiger partial charge in [-0.05, 0) is 0 Å². The molecule has 2 aliphatic rings. The molecule has 0 aromatic heterocycles. The molecule has 2 rings (SSSR count). The number of carbonyl (C=O) groups is 1. The first-order valence-corrected chi connectivity index (χ1v) is 13.2. The number of hydrogen-bond donors (Lipinski definition) is 1. The summed E-state index contributed by atoms with van der Waals surface area (Å²) in [6, 6.07) is 0. The molecule has 11 nitrogen and oxygen atoms in total. The highest BCUT2D eigenvalue weighted by Gasteiger charge is 2.83.